The second-order valence-electron chi connectivity index (χ2n) is 4.48. The zero-order chi connectivity index (χ0) is 14.7. The van der Waals surface area contributed by atoms with Gasteiger partial charge in [0.15, 0.2) is 0 Å². The van der Waals surface area contributed by atoms with Gasteiger partial charge in [0.1, 0.15) is 5.82 Å². The van der Waals surface area contributed by atoms with E-state index in [0.29, 0.717) is 11.4 Å². The van der Waals surface area contributed by atoms with Crippen LogP contribution in [0.3, 0.4) is 0 Å². The number of nitrogens with one attached hydrogen (secondary N) is 1. The Labute approximate surface area is 139 Å². The Morgan fingerprint density at radius 2 is 1.95 bits per heavy atom. The van der Waals surface area contributed by atoms with Gasteiger partial charge in [-0.2, -0.15) is 0 Å². The van der Waals surface area contributed by atoms with Crippen molar-refractivity contribution in [3.63, 3.8) is 0 Å². The number of likely N-dealkylation sites (N-methyl/N-ethyl adjacent to an activating group) is 1. The zero-order valence-corrected chi connectivity index (χ0v) is 14.7. The molecule has 1 N–H and O–H groups in total. The Morgan fingerprint density at radius 1 is 1.20 bits per heavy atom. The number of hydrogen-bond acceptors (Lipinski definition) is 1. The monoisotopic (exact) mass is 419 g/mol. The van der Waals surface area contributed by atoms with Gasteiger partial charge in [-0.1, -0.05) is 43.5 Å². The molecule has 0 fully saturated rings. The van der Waals surface area contributed by atoms with E-state index in [1.54, 1.807) is 12.1 Å². The van der Waals surface area contributed by atoms with Crippen molar-refractivity contribution in [2.24, 2.45) is 0 Å². The van der Waals surface area contributed by atoms with E-state index in [1.807, 2.05) is 25.2 Å². The van der Waals surface area contributed by atoms with Gasteiger partial charge < -0.3 is 5.32 Å². The van der Waals surface area contributed by atoms with Gasteiger partial charge in [-0.05, 0) is 61.0 Å². The van der Waals surface area contributed by atoms with Crippen molar-refractivity contribution in [1.29, 1.82) is 0 Å². The fourth-order valence-corrected chi connectivity index (χ4v) is 3.38. The highest BCUT2D eigenvalue weighted by Gasteiger charge is 2.14. The lowest BCUT2D eigenvalue weighted by Crippen LogP contribution is -2.19. The summed E-state index contributed by atoms with van der Waals surface area (Å²) in [4.78, 5) is 0. The molecular formula is C15H13Br2ClFN. The molecule has 1 unspecified atom stereocenters. The van der Waals surface area contributed by atoms with Gasteiger partial charge in [0.05, 0.1) is 0 Å². The van der Waals surface area contributed by atoms with E-state index in [1.165, 1.54) is 6.07 Å². The van der Waals surface area contributed by atoms with E-state index < -0.39 is 0 Å². The van der Waals surface area contributed by atoms with E-state index in [9.17, 15) is 4.39 Å². The third kappa shape index (κ3) is 4.04. The van der Waals surface area contributed by atoms with Crippen LogP contribution in [0.5, 0.6) is 0 Å². The maximum Gasteiger partial charge on any atom is 0.123 e. The summed E-state index contributed by atoms with van der Waals surface area (Å²) in [5.74, 6) is -0.231. The molecule has 2 aromatic carbocycles. The molecule has 5 heteroatoms. The molecular weight excluding hydrogens is 408 g/mol. The van der Waals surface area contributed by atoms with Crippen LogP contribution in [0.2, 0.25) is 5.02 Å². The van der Waals surface area contributed by atoms with Crippen molar-refractivity contribution in [3.8, 4) is 0 Å². The average Bonchev–Trinajstić information content (AvgIpc) is 2.38. The standard InChI is InChI=1S/C15H13Br2ClFN/c1-20-15(10-4-11(16)8-12(18)5-10)7-9-6-13(19)2-3-14(9)17/h2-6,8,15,20H,7H2,1H3. The van der Waals surface area contributed by atoms with Gasteiger partial charge in [-0.3, -0.25) is 0 Å². The quantitative estimate of drug-likeness (QED) is 0.687. The average molecular weight is 422 g/mol. The third-order valence-corrected chi connectivity index (χ3v) is 4.52. The Morgan fingerprint density at radius 3 is 2.60 bits per heavy atom. The molecule has 20 heavy (non-hydrogen) atoms. The summed E-state index contributed by atoms with van der Waals surface area (Å²) in [6, 6.07) is 10.6. The molecule has 0 aliphatic carbocycles. The van der Waals surface area contributed by atoms with E-state index in [-0.39, 0.29) is 11.9 Å². The summed E-state index contributed by atoms with van der Waals surface area (Å²) in [6.07, 6.45) is 0.668. The van der Waals surface area contributed by atoms with Crippen LogP contribution in [0.25, 0.3) is 0 Å². The van der Waals surface area contributed by atoms with E-state index in [2.05, 4.69) is 37.2 Å². The van der Waals surface area contributed by atoms with Crippen molar-refractivity contribution in [2.45, 2.75) is 12.5 Å². The van der Waals surface area contributed by atoms with Gasteiger partial charge in [0.2, 0.25) is 0 Å². The fraction of sp³-hybridized carbons (Fsp3) is 0.200. The summed E-state index contributed by atoms with van der Waals surface area (Å²) in [5, 5.41) is 3.92. The van der Waals surface area contributed by atoms with Crippen molar-refractivity contribution < 1.29 is 4.39 Å². The zero-order valence-electron chi connectivity index (χ0n) is 10.8. The smallest absolute Gasteiger partial charge is 0.123 e. The summed E-state index contributed by atoms with van der Waals surface area (Å²) in [7, 11) is 1.88. The molecule has 0 bridgehead atoms. The summed E-state index contributed by atoms with van der Waals surface area (Å²) in [6.45, 7) is 0. The predicted molar refractivity (Wildman–Crippen MR) is 88.8 cm³/mol. The number of hydrogen-bond donors (Lipinski definition) is 1. The third-order valence-electron chi connectivity index (χ3n) is 3.07. The van der Waals surface area contributed by atoms with Crippen LogP contribution in [0.1, 0.15) is 17.2 Å². The minimum atomic E-state index is -0.231. The van der Waals surface area contributed by atoms with Crippen LogP contribution < -0.4 is 5.32 Å². The molecule has 1 atom stereocenters. The molecule has 0 radical (unpaired) electrons. The predicted octanol–water partition coefficient (Wildman–Crippen LogP) is 5.51. The summed E-state index contributed by atoms with van der Waals surface area (Å²) >= 11 is 13.0. The lowest BCUT2D eigenvalue weighted by atomic mass is 9.99. The van der Waals surface area contributed by atoms with Gasteiger partial charge in [0.25, 0.3) is 0 Å². The van der Waals surface area contributed by atoms with E-state index >= 15 is 0 Å². The first-order valence-electron chi connectivity index (χ1n) is 6.07. The first-order chi connectivity index (χ1) is 9.49. The normalized spacial score (nSPS) is 12.4. The lowest BCUT2D eigenvalue weighted by molar-refractivity contribution is 0.582. The van der Waals surface area contributed by atoms with Crippen LogP contribution in [0.4, 0.5) is 4.39 Å². The Balaban J connectivity index is 2.30. The van der Waals surface area contributed by atoms with Crippen molar-refractivity contribution >= 4 is 43.5 Å². The molecule has 106 valence electrons. The van der Waals surface area contributed by atoms with Gasteiger partial charge in [0, 0.05) is 20.0 Å². The maximum atomic E-state index is 13.4. The van der Waals surface area contributed by atoms with Crippen LogP contribution in [-0.4, -0.2) is 7.05 Å². The topological polar surface area (TPSA) is 12.0 Å². The molecule has 0 aromatic heterocycles. The second-order valence-corrected chi connectivity index (χ2v) is 6.69. The number of benzene rings is 2. The highest BCUT2D eigenvalue weighted by Crippen LogP contribution is 2.28. The van der Waals surface area contributed by atoms with Crippen LogP contribution in [0, 0.1) is 5.82 Å². The second kappa shape index (κ2) is 7.03. The molecule has 0 aliphatic heterocycles. The maximum absolute atomic E-state index is 13.4. The molecule has 0 saturated carbocycles. The minimum absolute atomic E-state index is 0.0584. The van der Waals surface area contributed by atoms with E-state index in [4.69, 9.17) is 11.6 Å². The molecule has 0 aliphatic rings. The molecule has 2 aromatic rings. The summed E-state index contributed by atoms with van der Waals surface area (Å²) in [5.41, 5.74) is 1.98. The Bertz CT molecular complexity index is 599. The van der Waals surface area contributed by atoms with Gasteiger partial charge in [-0.15, -0.1) is 0 Å². The van der Waals surface area contributed by atoms with Crippen LogP contribution in [-0.2, 0) is 6.42 Å². The molecule has 1 nitrogen and oxygen atoms in total. The number of halogens is 4. The Hall–Kier alpha value is -0.420. The lowest BCUT2D eigenvalue weighted by Gasteiger charge is -2.18. The SMILES string of the molecule is CNC(Cc1cc(F)ccc1Br)c1cc(Cl)cc(Br)c1. The molecule has 2 rings (SSSR count). The summed E-state index contributed by atoms with van der Waals surface area (Å²) < 4.78 is 15.2. The molecule has 0 amide bonds. The Kier molecular flexibility index (Phi) is 5.61. The fourth-order valence-electron chi connectivity index (χ4n) is 2.08. The molecule has 0 spiro atoms. The largest absolute Gasteiger partial charge is 0.313 e. The minimum Gasteiger partial charge on any atom is -0.313 e. The number of rotatable bonds is 4. The van der Waals surface area contributed by atoms with Crippen LogP contribution >= 0.6 is 43.5 Å². The van der Waals surface area contributed by atoms with Crippen molar-refractivity contribution in [3.05, 3.63) is 67.3 Å². The van der Waals surface area contributed by atoms with Gasteiger partial charge >= 0.3 is 0 Å². The van der Waals surface area contributed by atoms with Gasteiger partial charge in [-0.25, -0.2) is 4.39 Å². The highest BCUT2D eigenvalue weighted by molar-refractivity contribution is 9.10. The first-order valence-corrected chi connectivity index (χ1v) is 8.03. The molecule has 0 saturated heterocycles. The highest BCUT2D eigenvalue weighted by atomic mass is 79.9. The van der Waals surface area contributed by atoms with Crippen LogP contribution in [0.15, 0.2) is 45.3 Å². The molecule has 0 heterocycles. The van der Waals surface area contributed by atoms with Crippen molar-refractivity contribution in [2.75, 3.05) is 7.05 Å². The first kappa shape index (κ1) is 16.0. The van der Waals surface area contributed by atoms with E-state index in [0.717, 1.165) is 20.1 Å². The van der Waals surface area contributed by atoms with Crippen molar-refractivity contribution in [1.82, 2.24) is 5.32 Å².